The molecule has 0 fully saturated rings. The summed E-state index contributed by atoms with van der Waals surface area (Å²) in [5, 5.41) is 0. The monoisotopic (exact) mass is 262 g/mol. The van der Waals surface area contributed by atoms with Gasteiger partial charge in [-0.05, 0) is 36.3 Å². The van der Waals surface area contributed by atoms with E-state index in [2.05, 4.69) is 38.1 Å². The average Bonchev–Trinajstić information content (AvgIpc) is 2.45. The molecule has 0 bridgehead atoms. The van der Waals surface area contributed by atoms with Gasteiger partial charge in [0, 0.05) is 12.8 Å². The number of hydrogen-bond donors (Lipinski definition) is 0. The first kappa shape index (κ1) is 17.9. The first-order valence-electron chi connectivity index (χ1n) is 7.72. The molecular weight excluding hydrogens is 232 g/mol. The fourth-order valence-corrected chi connectivity index (χ4v) is 1.94. The van der Waals surface area contributed by atoms with Gasteiger partial charge in [0.05, 0.1) is 0 Å². The highest BCUT2D eigenvalue weighted by atomic mass is 16.1. The molecule has 1 rings (SSSR count). The van der Waals surface area contributed by atoms with Crippen molar-refractivity contribution in [1.82, 2.24) is 0 Å². The van der Waals surface area contributed by atoms with Crippen LogP contribution < -0.4 is 0 Å². The number of hydrogen-bond acceptors (Lipinski definition) is 1. The van der Waals surface area contributed by atoms with E-state index in [9.17, 15) is 4.79 Å². The molecule has 0 heterocycles. The van der Waals surface area contributed by atoms with Crippen LogP contribution >= 0.6 is 0 Å². The first-order valence-corrected chi connectivity index (χ1v) is 7.72. The van der Waals surface area contributed by atoms with Crippen LogP contribution in [0.25, 0.3) is 0 Å². The lowest BCUT2D eigenvalue weighted by molar-refractivity contribution is -0.118. The van der Waals surface area contributed by atoms with Gasteiger partial charge < -0.3 is 0 Å². The summed E-state index contributed by atoms with van der Waals surface area (Å²) < 4.78 is 0. The van der Waals surface area contributed by atoms with E-state index in [0.29, 0.717) is 18.6 Å². The Morgan fingerprint density at radius 3 is 2.05 bits per heavy atom. The number of benzene rings is 1. The molecule has 1 aromatic carbocycles. The normalized spacial score (nSPS) is 10.0. The number of Topliss-reactive ketones (excluding diaryl/α,β-unsaturated/α-hetero) is 1. The molecule has 0 atom stereocenters. The number of carbonyl (C=O) groups excluding carboxylic acids is 1. The molecule has 0 saturated carbocycles. The van der Waals surface area contributed by atoms with Gasteiger partial charge in [-0.25, -0.2) is 0 Å². The van der Waals surface area contributed by atoms with E-state index in [0.717, 1.165) is 18.8 Å². The minimum absolute atomic E-state index is 0.365. The van der Waals surface area contributed by atoms with Crippen molar-refractivity contribution in [1.29, 1.82) is 0 Å². The van der Waals surface area contributed by atoms with Crippen molar-refractivity contribution in [3.63, 3.8) is 0 Å². The predicted octanol–water partition coefficient (Wildman–Crippen LogP) is 5.21. The summed E-state index contributed by atoms with van der Waals surface area (Å²) >= 11 is 0. The van der Waals surface area contributed by atoms with Gasteiger partial charge in [-0.3, -0.25) is 4.79 Å². The van der Waals surface area contributed by atoms with E-state index < -0.39 is 0 Å². The lowest BCUT2D eigenvalue weighted by Crippen LogP contribution is -2.02. The topological polar surface area (TPSA) is 17.1 Å². The molecule has 1 nitrogen and oxygen atoms in total. The number of rotatable bonds is 7. The fraction of sp³-hybridized carbons (Fsp3) is 0.611. The Balaban J connectivity index is 0.00000154. The molecule has 1 heteroatoms. The van der Waals surface area contributed by atoms with Crippen LogP contribution in [0.4, 0.5) is 0 Å². The molecular formula is C18H30O. The van der Waals surface area contributed by atoms with Gasteiger partial charge in [0.25, 0.3) is 0 Å². The lowest BCUT2D eigenvalue weighted by atomic mass is 9.95. The standard InChI is InChI=1S/C16H24O.C2H6/c1-4-16(17)12-11-15-8-6-5-7-14(15)10-9-13(2)3;1-2/h5-8,13H,4,9-12H2,1-3H3;1-2H3. The molecule has 0 aliphatic heterocycles. The maximum Gasteiger partial charge on any atom is 0.132 e. The van der Waals surface area contributed by atoms with Crippen LogP contribution in [0.1, 0.15) is 65.0 Å². The van der Waals surface area contributed by atoms with Crippen LogP contribution in [0, 0.1) is 5.92 Å². The third kappa shape index (κ3) is 7.81. The second-order valence-corrected chi connectivity index (χ2v) is 5.09. The summed E-state index contributed by atoms with van der Waals surface area (Å²) in [6, 6.07) is 8.54. The third-order valence-corrected chi connectivity index (χ3v) is 3.18. The summed E-state index contributed by atoms with van der Waals surface area (Å²) in [4.78, 5) is 11.4. The molecule has 1 aromatic rings. The molecule has 0 aromatic heterocycles. The Morgan fingerprint density at radius 2 is 1.58 bits per heavy atom. The van der Waals surface area contributed by atoms with Crippen LogP contribution in [0.3, 0.4) is 0 Å². The summed E-state index contributed by atoms with van der Waals surface area (Å²) in [6.07, 6.45) is 4.61. The number of ketones is 1. The number of carbonyl (C=O) groups is 1. The maximum absolute atomic E-state index is 11.4. The van der Waals surface area contributed by atoms with Gasteiger partial charge in [0.15, 0.2) is 0 Å². The third-order valence-electron chi connectivity index (χ3n) is 3.18. The second kappa shape index (κ2) is 10.8. The second-order valence-electron chi connectivity index (χ2n) is 5.09. The van der Waals surface area contributed by atoms with Gasteiger partial charge in [-0.2, -0.15) is 0 Å². The van der Waals surface area contributed by atoms with E-state index in [-0.39, 0.29) is 0 Å². The fourth-order valence-electron chi connectivity index (χ4n) is 1.94. The molecule has 19 heavy (non-hydrogen) atoms. The van der Waals surface area contributed by atoms with Crippen molar-refractivity contribution in [2.75, 3.05) is 0 Å². The highest BCUT2D eigenvalue weighted by Gasteiger charge is 2.05. The van der Waals surface area contributed by atoms with Crippen molar-refractivity contribution in [3.05, 3.63) is 35.4 Å². The van der Waals surface area contributed by atoms with Crippen molar-refractivity contribution in [3.8, 4) is 0 Å². The zero-order valence-corrected chi connectivity index (χ0v) is 13.3. The molecule has 0 N–H and O–H groups in total. The van der Waals surface area contributed by atoms with E-state index in [1.54, 1.807) is 0 Å². The predicted molar refractivity (Wildman–Crippen MR) is 84.6 cm³/mol. The molecule has 0 aliphatic carbocycles. The first-order chi connectivity index (χ1) is 9.13. The highest BCUT2D eigenvalue weighted by molar-refractivity contribution is 5.78. The minimum Gasteiger partial charge on any atom is -0.300 e. The minimum atomic E-state index is 0.365. The zero-order valence-electron chi connectivity index (χ0n) is 13.3. The molecule has 0 amide bonds. The van der Waals surface area contributed by atoms with E-state index in [4.69, 9.17) is 0 Å². The Bertz CT molecular complexity index is 352. The van der Waals surface area contributed by atoms with Crippen LogP contribution in [-0.2, 0) is 17.6 Å². The zero-order chi connectivity index (χ0) is 14.7. The molecule has 0 radical (unpaired) electrons. The van der Waals surface area contributed by atoms with Crippen molar-refractivity contribution in [2.24, 2.45) is 5.92 Å². The van der Waals surface area contributed by atoms with Crippen LogP contribution in [0.5, 0.6) is 0 Å². The highest BCUT2D eigenvalue weighted by Crippen LogP contribution is 2.16. The van der Waals surface area contributed by atoms with Gasteiger partial charge >= 0.3 is 0 Å². The van der Waals surface area contributed by atoms with Crippen molar-refractivity contribution < 1.29 is 4.79 Å². The summed E-state index contributed by atoms with van der Waals surface area (Å²) in [5.41, 5.74) is 2.78. The van der Waals surface area contributed by atoms with Gasteiger partial charge in [-0.15, -0.1) is 0 Å². The SMILES string of the molecule is CC.CCC(=O)CCc1ccccc1CCC(C)C. The Morgan fingerprint density at radius 1 is 1.05 bits per heavy atom. The van der Waals surface area contributed by atoms with E-state index >= 15 is 0 Å². The smallest absolute Gasteiger partial charge is 0.132 e. The quantitative estimate of drug-likeness (QED) is 0.659. The van der Waals surface area contributed by atoms with Crippen molar-refractivity contribution in [2.45, 2.75) is 66.7 Å². The molecule has 0 unspecified atom stereocenters. The molecule has 0 saturated heterocycles. The Kier molecular flexibility index (Phi) is 10.1. The van der Waals surface area contributed by atoms with E-state index in [1.165, 1.54) is 17.5 Å². The van der Waals surface area contributed by atoms with Gasteiger partial charge in [-0.1, -0.05) is 58.9 Å². The van der Waals surface area contributed by atoms with Crippen molar-refractivity contribution >= 4 is 5.78 Å². The summed E-state index contributed by atoms with van der Waals surface area (Å²) in [6.45, 7) is 10.4. The molecule has 108 valence electrons. The lowest BCUT2D eigenvalue weighted by Gasteiger charge is -2.10. The Hall–Kier alpha value is -1.11. The molecule has 0 aliphatic rings. The Labute approximate surface area is 119 Å². The molecule has 0 spiro atoms. The van der Waals surface area contributed by atoms with Crippen LogP contribution in [0.15, 0.2) is 24.3 Å². The van der Waals surface area contributed by atoms with Gasteiger partial charge in [0.2, 0.25) is 0 Å². The summed E-state index contributed by atoms with van der Waals surface area (Å²) in [7, 11) is 0. The van der Waals surface area contributed by atoms with Crippen LogP contribution in [0.2, 0.25) is 0 Å². The largest absolute Gasteiger partial charge is 0.300 e. The van der Waals surface area contributed by atoms with E-state index in [1.807, 2.05) is 20.8 Å². The maximum atomic E-state index is 11.4. The summed E-state index contributed by atoms with van der Waals surface area (Å²) in [5.74, 6) is 1.10. The average molecular weight is 262 g/mol. The van der Waals surface area contributed by atoms with Gasteiger partial charge in [0.1, 0.15) is 5.78 Å². The van der Waals surface area contributed by atoms with Crippen LogP contribution in [-0.4, -0.2) is 5.78 Å². The number of aryl methyl sites for hydroxylation is 2.